The number of anilines is 3. The van der Waals surface area contributed by atoms with Gasteiger partial charge < -0.3 is 5.32 Å². The lowest BCUT2D eigenvalue weighted by Gasteiger charge is -2.26. The number of nitrogens with zero attached hydrogens (tertiary/aromatic N) is 2. The molecule has 0 bridgehead atoms. The van der Waals surface area contributed by atoms with Crippen molar-refractivity contribution in [3.05, 3.63) is 74.8 Å². The lowest BCUT2D eigenvalue weighted by molar-refractivity contribution is -0.141. The van der Waals surface area contributed by atoms with Crippen LogP contribution in [-0.2, 0) is 28.2 Å². The van der Waals surface area contributed by atoms with Gasteiger partial charge in [-0.05, 0) is 57.2 Å². The van der Waals surface area contributed by atoms with Gasteiger partial charge in [0.2, 0.25) is 0 Å². The average molecular weight is 575 g/mol. The Labute approximate surface area is 209 Å². The Morgan fingerprint density at radius 1 is 1.03 bits per heavy atom. The first-order chi connectivity index (χ1) is 15.7. The van der Waals surface area contributed by atoms with Crippen molar-refractivity contribution in [2.45, 2.75) is 43.8 Å². The fraction of sp³-hybridized carbons (Fsp3) is 0.261. The monoisotopic (exact) mass is 573 g/mol. The van der Waals surface area contributed by atoms with Crippen molar-refractivity contribution in [3.8, 4) is 0 Å². The highest BCUT2D eigenvalue weighted by Gasteiger charge is 2.36. The van der Waals surface area contributed by atoms with Crippen LogP contribution in [0.5, 0.6) is 0 Å². The molecule has 0 amide bonds. The molecule has 180 valence electrons. The molecule has 11 heteroatoms. The minimum Gasteiger partial charge on any atom is -0.338 e. The van der Waals surface area contributed by atoms with Crippen molar-refractivity contribution in [2.75, 3.05) is 9.62 Å². The van der Waals surface area contributed by atoms with Crippen molar-refractivity contribution in [2.24, 2.45) is 0 Å². The van der Waals surface area contributed by atoms with Crippen LogP contribution >= 0.6 is 27.5 Å². The van der Waals surface area contributed by atoms with E-state index in [2.05, 4.69) is 26.2 Å². The molecule has 0 fully saturated rings. The van der Waals surface area contributed by atoms with Crippen LogP contribution in [0, 0.1) is 0 Å². The summed E-state index contributed by atoms with van der Waals surface area (Å²) in [4.78, 5) is 3.74. The molecular formula is C23H20BrClF3N3O2S. The first-order valence-electron chi connectivity index (χ1n) is 10.1. The lowest BCUT2D eigenvalue weighted by Crippen LogP contribution is -2.30. The number of aromatic nitrogens is 1. The van der Waals surface area contributed by atoms with E-state index in [4.69, 9.17) is 11.6 Å². The Morgan fingerprint density at radius 2 is 1.68 bits per heavy atom. The molecule has 0 aliphatic carbocycles. The standard InChI is InChI=1S/C23H20BrClF3N3O2S/c1-22(2,3)14-5-7-15(8-6-14)34(32,33)31-12-13-4-11-18(23(26,27)28)30-21(13)29-17-10-9-16(24)19(25)20(17)31/h4-11H,12H2,1-3H3,(H,29,30). The first kappa shape index (κ1) is 24.8. The second-order valence-corrected chi connectivity index (χ2v) is 12.0. The van der Waals surface area contributed by atoms with Crippen LogP contribution in [0.2, 0.25) is 5.02 Å². The number of halogens is 5. The van der Waals surface area contributed by atoms with Gasteiger partial charge in [0.25, 0.3) is 10.0 Å². The minimum absolute atomic E-state index is 0.0332. The van der Waals surface area contributed by atoms with E-state index >= 15 is 0 Å². The summed E-state index contributed by atoms with van der Waals surface area (Å²) in [6.07, 6.45) is -4.65. The molecule has 0 saturated heterocycles. The predicted molar refractivity (Wildman–Crippen MR) is 130 cm³/mol. The largest absolute Gasteiger partial charge is 0.433 e. The Kier molecular flexibility index (Phi) is 6.15. The Morgan fingerprint density at radius 3 is 2.26 bits per heavy atom. The van der Waals surface area contributed by atoms with Gasteiger partial charge in [-0.3, -0.25) is 4.31 Å². The van der Waals surface area contributed by atoms with Gasteiger partial charge in [-0.1, -0.05) is 50.6 Å². The van der Waals surface area contributed by atoms with Crippen LogP contribution in [0.4, 0.5) is 30.4 Å². The maximum Gasteiger partial charge on any atom is 0.433 e. The number of alkyl halides is 3. The highest BCUT2D eigenvalue weighted by molar-refractivity contribution is 9.10. The van der Waals surface area contributed by atoms with Crippen LogP contribution in [0.1, 0.15) is 37.6 Å². The molecule has 0 atom stereocenters. The maximum atomic E-state index is 13.8. The van der Waals surface area contributed by atoms with Gasteiger partial charge in [0.1, 0.15) is 11.5 Å². The topological polar surface area (TPSA) is 62.3 Å². The molecule has 4 rings (SSSR count). The van der Waals surface area contributed by atoms with E-state index in [1.807, 2.05) is 20.8 Å². The highest BCUT2D eigenvalue weighted by atomic mass is 79.9. The van der Waals surface area contributed by atoms with Gasteiger partial charge in [0.05, 0.1) is 27.8 Å². The molecule has 1 aliphatic heterocycles. The fourth-order valence-corrected chi connectivity index (χ4v) is 5.70. The fourth-order valence-electron chi connectivity index (χ4n) is 3.59. The zero-order chi connectivity index (χ0) is 25.1. The number of sulfonamides is 1. The highest BCUT2D eigenvalue weighted by Crippen LogP contribution is 2.46. The summed E-state index contributed by atoms with van der Waals surface area (Å²) in [5.41, 5.74) is 0.301. The van der Waals surface area contributed by atoms with Crippen LogP contribution in [-0.4, -0.2) is 13.4 Å². The number of rotatable bonds is 2. The van der Waals surface area contributed by atoms with Crippen molar-refractivity contribution in [1.82, 2.24) is 4.98 Å². The van der Waals surface area contributed by atoms with Crippen LogP contribution < -0.4 is 9.62 Å². The molecule has 0 spiro atoms. The van der Waals surface area contributed by atoms with E-state index in [0.29, 0.717) is 4.47 Å². The molecule has 3 aromatic rings. The van der Waals surface area contributed by atoms with E-state index in [1.165, 1.54) is 24.3 Å². The number of hydrogen-bond donors (Lipinski definition) is 1. The number of pyridine rings is 1. The van der Waals surface area contributed by atoms with Crippen molar-refractivity contribution >= 4 is 54.7 Å². The van der Waals surface area contributed by atoms with Gasteiger partial charge >= 0.3 is 6.18 Å². The van der Waals surface area contributed by atoms with Crippen LogP contribution in [0.3, 0.4) is 0 Å². The third-order valence-electron chi connectivity index (χ3n) is 5.46. The van der Waals surface area contributed by atoms with Crippen LogP contribution in [0.15, 0.2) is 57.9 Å². The summed E-state index contributed by atoms with van der Waals surface area (Å²) in [6, 6.07) is 11.7. The van der Waals surface area contributed by atoms with Gasteiger partial charge in [0.15, 0.2) is 0 Å². The predicted octanol–water partition coefficient (Wildman–Crippen LogP) is 7.27. The molecular weight excluding hydrogens is 555 g/mol. The third-order valence-corrected chi connectivity index (χ3v) is 8.49. The SMILES string of the molecule is CC(C)(C)c1ccc(S(=O)(=O)N2Cc3ccc(C(F)(F)F)nc3Nc3ccc(Br)c(Cl)c32)cc1. The summed E-state index contributed by atoms with van der Waals surface area (Å²) in [5.74, 6) is -0.0877. The number of hydrogen-bond acceptors (Lipinski definition) is 4. The Hall–Kier alpha value is -2.30. The molecule has 0 unspecified atom stereocenters. The van der Waals surface area contributed by atoms with Crippen LogP contribution in [0.25, 0.3) is 0 Å². The summed E-state index contributed by atoms with van der Waals surface area (Å²) in [7, 11) is -4.14. The molecule has 1 N–H and O–H groups in total. The number of fused-ring (bicyclic) bond motifs is 2. The summed E-state index contributed by atoms with van der Waals surface area (Å²) < 4.78 is 68.9. The molecule has 0 saturated carbocycles. The molecule has 2 aromatic carbocycles. The molecule has 34 heavy (non-hydrogen) atoms. The number of benzene rings is 2. The van der Waals surface area contributed by atoms with E-state index in [1.54, 1.807) is 18.2 Å². The van der Waals surface area contributed by atoms with Gasteiger partial charge in [0, 0.05) is 10.0 Å². The van der Waals surface area contributed by atoms with Gasteiger partial charge in [-0.25, -0.2) is 13.4 Å². The number of nitrogens with one attached hydrogen (secondary N) is 1. The molecule has 2 heterocycles. The second kappa shape index (κ2) is 8.42. The van der Waals surface area contributed by atoms with Crippen molar-refractivity contribution < 1.29 is 21.6 Å². The maximum absolute atomic E-state index is 13.8. The van der Waals surface area contributed by atoms with E-state index in [-0.39, 0.29) is 44.6 Å². The van der Waals surface area contributed by atoms with E-state index in [9.17, 15) is 21.6 Å². The quantitative estimate of drug-likeness (QED) is 0.350. The summed E-state index contributed by atoms with van der Waals surface area (Å²) in [6.45, 7) is 5.79. The second-order valence-electron chi connectivity index (χ2n) is 8.87. The van der Waals surface area contributed by atoms with Gasteiger partial charge in [-0.15, -0.1) is 0 Å². The molecule has 1 aliphatic rings. The van der Waals surface area contributed by atoms with E-state index < -0.39 is 21.9 Å². The average Bonchev–Trinajstić information content (AvgIpc) is 2.92. The van der Waals surface area contributed by atoms with Gasteiger partial charge in [-0.2, -0.15) is 13.2 Å². The Bertz CT molecular complexity index is 1370. The smallest absolute Gasteiger partial charge is 0.338 e. The lowest BCUT2D eigenvalue weighted by atomic mass is 9.87. The first-order valence-corrected chi connectivity index (χ1v) is 12.8. The minimum atomic E-state index is -4.65. The van der Waals surface area contributed by atoms with E-state index in [0.717, 1.165) is 15.9 Å². The Balaban J connectivity index is 1.89. The third kappa shape index (κ3) is 4.50. The van der Waals surface area contributed by atoms with Crippen molar-refractivity contribution in [1.29, 1.82) is 0 Å². The van der Waals surface area contributed by atoms with Crippen molar-refractivity contribution in [3.63, 3.8) is 0 Å². The normalized spacial score (nSPS) is 14.2. The molecule has 5 nitrogen and oxygen atoms in total. The zero-order valence-corrected chi connectivity index (χ0v) is 21.5. The molecule has 0 radical (unpaired) electrons. The summed E-state index contributed by atoms with van der Waals surface area (Å²) in [5, 5.41) is 2.94. The summed E-state index contributed by atoms with van der Waals surface area (Å²) >= 11 is 9.82. The molecule has 1 aromatic heterocycles. The zero-order valence-electron chi connectivity index (χ0n) is 18.3.